The molecule has 0 radical (unpaired) electrons. The Morgan fingerprint density at radius 2 is 2.05 bits per heavy atom. The third-order valence-electron chi connectivity index (χ3n) is 3.67. The molecule has 2 nitrogen and oxygen atoms in total. The SMILES string of the molecule is S=CNC(Cc1ccc(Cl)c(Cl)c1)C1CCNCC1. The van der Waals surface area contributed by atoms with E-state index >= 15 is 0 Å². The Kier molecular flexibility index (Phi) is 5.89. The van der Waals surface area contributed by atoms with Gasteiger partial charge in [-0.25, -0.2) is 0 Å². The molecule has 0 amide bonds. The van der Waals surface area contributed by atoms with E-state index in [1.54, 1.807) is 5.49 Å². The Balaban J connectivity index is 2.06. The van der Waals surface area contributed by atoms with Gasteiger partial charge in [0.2, 0.25) is 0 Å². The molecule has 1 atom stereocenters. The number of nitrogens with one attached hydrogen (secondary N) is 2. The maximum Gasteiger partial charge on any atom is 0.0617 e. The van der Waals surface area contributed by atoms with Crippen LogP contribution in [0.4, 0.5) is 0 Å². The van der Waals surface area contributed by atoms with Crippen LogP contribution < -0.4 is 10.6 Å². The first-order valence-corrected chi connectivity index (χ1v) is 7.78. The lowest BCUT2D eigenvalue weighted by Crippen LogP contribution is -2.42. The lowest BCUT2D eigenvalue weighted by molar-refractivity contribution is 0.301. The van der Waals surface area contributed by atoms with E-state index in [1.165, 1.54) is 18.4 Å². The molecule has 2 N–H and O–H groups in total. The van der Waals surface area contributed by atoms with Gasteiger partial charge in [-0.15, -0.1) is 0 Å². The molecule has 1 saturated heterocycles. The second-order valence-electron chi connectivity index (χ2n) is 4.93. The molecule has 0 aliphatic carbocycles. The highest BCUT2D eigenvalue weighted by atomic mass is 35.5. The standard InChI is InChI=1S/C14H18Cl2N2S/c15-12-2-1-10(7-13(12)16)8-14(18-9-19)11-3-5-17-6-4-11/h1-2,7,9,11,14,17H,3-6,8H2,(H,18,19). The van der Waals surface area contributed by atoms with Gasteiger partial charge in [-0.3, -0.25) is 0 Å². The van der Waals surface area contributed by atoms with Gasteiger partial charge in [0.15, 0.2) is 0 Å². The first kappa shape index (κ1) is 15.0. The lowest BCUT2D eigenvalue weighted by atomic mass is 9.86. The van der Waals surface area contributed by atoms with Crippen LogP contribution in [0.15, 0.2) is 18.2 Å². The van der Waals surface area contributed by atoms with Crippen molar-refractivity contribution in [3.63, 3.8) is 0 Å². The van der Waals surface area contributed by atoms with E-state index in [4.69, 9.17) is 35.4 Å². The van der Waals surface area contributed by atoms with Crippen LogP contribution in [0.1, 0.15) is 18.4 Å². The molecule has 1 heterocycles. The molecule has 0 saturated carbocycles. The number of hydrogen-bond acceptors (Lipinski definition) is 2. The fourth-order valence-electron chi connectivity index (χ4n) is 2.62. The maximum atomic E-state index is 6.07. The molecule has 0 bridgehead atoms. The monoisotopic (exact) mass is 316 g/mol. The molecule has 2 rings (SSSR count). The summed E-state index contributed by atoms with van der Waals surface area (Å²) in [6.07, 6.45) is 3.29. The Hall–Kier alpha value is -0.350. The van der Waals surface area contributed by atoms with Gasteiger partial charge in [0.25, 0.3) is 0 Å². The molecule has 0 aromatic heterocycles. The average Bonchev–Trinajstić information content (AvgIpc) is 2.43. The zero-order chi connectivity index (χ0) is 13.7. The van der Waals surface area contributed by atoms with Crippen molar-refractivity contribution < 1.29 is 0 Å². The van der Waals surface area contributed by atoms with Crippen molar-refractivity contribution in [1.29, 1.82) is 0 Å². The second kappa shape index (κ2) is 7.44. The van der Waals surface area contributed by atoms with E-state index in [2.05, 4.69) is 10.6 Å². The normalized spacial score (nSPS) is 18.0. The molecular weight excluding hydrogens is 299 g/mol. The molecule has 1 aliphatic rings. The summed E-state index contributed by atoms with van der Waals surface area (Å²) in [7, 11) is 0. The molecule has 19 heavy (non-hydrogen) atoms. The van der Waals surface area contributed by atoms with E-state index in [-0.39, 0.29) is 0 Å². The minimum Gasteiger partial charge on any atom is -0.379 e. The summed E-state index contributed by atoms with van der Waals surface area (Å²) in [5, 5.41) is 7.93. The predicted molar refractivity (Wildman–Crippen MR) is 86.3 cm³/mol. The summed E-state index contributed by atoms with van der Waals surface area (Å²) in [5.41, 5.74) is 2.83. The van der Waals surface area contributed by atoms with E-state index in [0.29, 0.717) is 22.0 Å². The molecule has 1 fully saturated rings. The molecule has 1 aromatic rings. The topological polar surface area (TPSA) is 24.1 Å². The first-order chi connectivity index (χ1) is 9.20. The minimum absolute atomic E-state index is 0.372. The third kappa shape index (κ3) is 4.32. The molecule has 1 aliphatic heterocycles. The summed E-state index contributed by atoms with van der Waals surface area (Å²) in [6, 6.07) is 6.21. The summed E-state index contributed by atoms with van der Waals surface area (Å²) >= 11 is 17.0. The Morgan fingerprint density at radius 3 is 2.68 bits per heavy atom. The smallest absolute Gasteiger partial charge is 0.0617 e. The van der Waals surface area contributed by atoms with E-state index < -0.39 is 0 Å². The highest BCUT2D eigenvalue weighted by Gasteiger charge is 2.23. The van der Waals surface area contributed by atoms with Crippen LogP contribution in [0.2, 0.25) is 10.0 Å². The first-order valence-electron chi connectivity index (χ1n) is 6.55. The number of thiocarbonyl (C=S) groups is 1. The van der Waals surface area contributed by atoms with Crippen molar-refractivity contribution in [3.8, 4) is 0 Å². The van der Waals surface area contributed by atoms with Crippen molar-refractivity contribution in [1.82, 2.24) is 10.6 Å². The Morgan fingerprint density at radius 1 is 1.32 bits per heavy atom. The van der Waals surface area contributed by atoms with Crippen LogP contribution in [-0.4, -0.2) is 24.6 Å². The number of piperidine rings is 1. The molecule has 1 unspecified atom stereocenters. The minimum atomic E-state index is 0.372. The molecular formula is C14H18Cl2N2S. The van der Waals surface area contributed by atoms with Gasteiger partial charge in [0.1, 0.15) is 0 Å². The maximum absolute atomic E-state index is 6.07. The van der Waals surface area contributed by atoms with Gasteiger partial charge in [0, 0.05) is 6.04 Å². The Labute approximate surface area is 129 Å². The van der Waals surface area contributed by atoms with Crippen LogP contribution in [0.5, 0.6) is 0 Å². The van der Waals surface area contributed by atoms with Crippen LogP contribution in [-0.2, 0) is 6.42 Å². The number of benzene rings is 1. The fourth-order valence-corrected chi connectivity index (χ4v) is 3.11. The average molecular weight is 317 g/mol. The van der Waals surface area contributed by atoms with E-state index in [1.807, 2.05) is 18.2 Å². The number of hydrogen-bond donors (Lipinski definition) is 2. The largest absolute Gasteiger partial charge is 0.379 e. The number of rotatable bonds is 5. The predicted octanol–water partition coefficient (Wildman–Crippen LogP) is 3.45. The third-order valence-corrected chi connectivity index (χ3v) is 4.55. The zero-order valence-electron chi connectivity index (χ0n) is 10.7. The van der Waals surface area contributed by atoms with Crippen LogP contribution in [0.3, 0.4) is 0 Å². The van der Waals surface area contributed by atoms with Crippen molar-refractivity contribution in [2.24, 2.45) is 5.92 Å². The van der Waals surface area contributed by atoms with Gasteiger partial charge < -0.3 is 10.6 Å². The molecule has 5 heteroatoms. The Bertz CT molecular complexity index is 433. The van der Waals surface area contributed by atoms with Gasteiger partial charge >= 0.3 is 0 Å². The highest BCUT2D eigenvalue weighted by molar-refractivity contribution is 7.78. The van der Waals surface area contributed by atoms with Crippen LogP contribution in [0.25, 0.3) is 0 Å². The zero-order valence-corrected chi connectivity index (χ0v) is 13.0. The number of halogens is 2. The molecule has 0 spiro atoms. The summed E-state index contributed by atoms with van der Waals surface area (Å²) in [4.78, 5) is 0. The summed E-state index contributed by atoms with van der Waals surface area (Å²) in [5.74, 6) is 0.648. The molecule has 104 valence electrons. The van der Waals surface area contributed by atoms with Gasteiger partial charge in [-0.1, -0.05) is 41.5 Å². The summed E-state index contributed by atoms with van der Waals surface area (Å²) in [6.45, 7) is 2.17. The quantitative estimate of drug-likeness (QED) is 0.814. The van der Waals surface area contributed by atoms with Crippen LogP contribution in [0, 0.1) is 5.92 Å². The van der Waals surface area contributed by atoms with Gasteiger partial charge in [0.05, 0.1) is 15.5 Å². The fraction of sp³-hybridized carbons (Fsp3) is 0.500. The van der Waals surface area contributed by atoms with Crippen molar-refractivity contribution in [2.75, 3.05) is 13.1 Å². The summed E-state index contributed by atoms with van der Waals surface area (Å²) < 4.78 is 0. The highest BCUT2D eigenvalue weighted by Crippen LogP contribution is 2.25. The second-order valence-corrected chi connectivity index (χ2v) is 5.98. The molecule has 1 aromatic carbocycles. The van der Waals surface area contributed by atoms with Crippen molar-refractivity contribution >= 4 is 40.9 Å². The van der Waals surface area contributed by atoms with Gasteiger partial charge in [-0.2, -0.15) is 0 Å². The van der Waals surface area contributed by atoms with E-state index in [0.717, 1.165) is 19.5 Å². The van der Waals surface area contributed by atoms with Gasteiger partial charge in [-0.05, 0) is 56.0 Å². The lowest BCUT2D eigenvalue weighted by Gasteiger charge is -2.31. The van der Waals surface area contributed by atoms with E-state index in [9.17, 15) is 0 Å². The van der Waals surface area contributed by atoms with Crippen molar-refractivity contribution in [2.45, 2.75) is 25.3 Å². The van der Waals surface area contributed by atoms with Crippen LogP contribution >= 0.6 is 35.4 Å². The van der Waals surface area contributed by atoms with Crippen molar-refractivity contribution in [3.05, 3.63) is 33.8 Å².